The molecule has 0 aliphatic carbocycles. The predicted octanol–water partition coefficient (Wildman–Crippen LogP) is 3.95. The van der Waals surface area contributed by atoms with Crippen LogP contribution in [0.1, 0.15) is 24.9 Å². The van der Waals surface area contributed by atoms with Crippen molar-refractivity contribution in [2.75, 3.05) is 33.5 Å². The van der Waals surface area contributed by atoms with Crippen molar-refractivity contribution < 1.29 is 13.9 Å². The van der Waals surface area contributed by atoms with Gasteiger partial charge >= 0.3 is 0 Å². The zero-order valence-corrected chi connectivity index (χ0v) is 14.1. The molecule has 0 saturated heterocycles. The van der Waals surface area contributed by atoms with Crippen LogP contribution in [0.5, 0.6) is 0 Å². The van der Waals surface area contributed by atoms with Gasteiger partial charge in [-0.1, -0.05) is 24.6 Å². The summed E-state index contributed by atoms with van der Waals surface area (Å²) in [5, 5.41) is 3.37. The Balaban J connectivity index is 2.78. The largest absolute Gasteiger partial charge is 0.382 e. The molecule has 6 heteroatoms. The van der Waals surface area contributed by atoms with E-state index in [-0.39, 0.29) is 11.1 Å². The average Bonchev–Trinajstić information content (AvgIpc) is 2.45. The van der Waals surface area contributed by atoms with Crippen LogP contribution in [0.3, 0.4) is 0 Å². The number of nitrogens with one attached hydrogen (secondary N) is 1. The number of halogens is 3. The Hall–Kier alpha value is -0.200. The van der Waals surface area contributed by atoms with E-state index in [4.69, 9.17) is 21.1 Å². The smallest absolute Gasteiger partial charge is 0.147 e. The lowest BCUT2D eigenvalue weighted by Gasteiger charge is -2.20. The van der Waals surface area contributed by atoms with Crippen LogP contribution in [0.2, 0.25) is 5.02 Å². The molecule has 0 spiro atoms. The van der Waals surface area contributed by atoms with Crippen molar-refractivity contribution in [1.29, 1.82) is 0 Å². The van der Waals surface area contributed by atoms with E-state index >= 15 is 0 Å². The molecule has 1 aromatic rings. The molecule has 0 fully saturated rings. The number of benzene rings is 1. The minimum absolute atomic E-state index is 0.0997. The fourth-order valence-electron chi connectivity index (χ4n) is 1.73. The van der Waals surface area contributed by atoms with Gasteiger partial charge in [0.1, 0.15) is 5.82 Å². The van der Waals surface area contributed by atoms with E-state index in [0.29, 0.717) is 29.9 Å². The second-order valence-electron chi connectivity index (χ2n) is 4.34. The maximum Gasteiger partial charge on any atom is 0.147 e. The van der Waals surface area contributed by atoms with E-state index in [1.807, 2.05) is 0 Å². The van der Waals surface area contributed by atoms with Crippen LogP contribution in [0.15, 0.2) is 16.6 Å². The first kappa shape index (κ1) is 17.9. The van der Waals surface area contributed by atoms with Crippen molar-refractivity contribution in [1.82, 2.24) is 5.32 Å². The molecule has 1 atom stereocenters. The molecule has 0 bridgehead atoms. The van der Waals surface area contributed by atoms with Gasteiger partial charge in [0.15, 0.2) is 0 Å². The topological polar surface area (TPSA) is 30.5 Å². The van der Waals surface area contributed by atoms with E-state index < -0.39 is 5.82 Å². The van der Waals surface area contributed by atoms with Crippen LogP contribution in [-0.2, 0) is 9.47 Å². The summed E-state index contributed by atoms with van der Waals surface area (Å²) in [6, 6.07) is 3.24. The minimum Gasteiger partial charge on any atom is -0.382 e. The second kappa shape index (κ2) is 9.68. The summed E-state index contributed by atoms with van der Waals surface area (Å²) in [7, 11) is 1.62. The number of hydrogen-bond donors (Lipinski definition) is 1. The maximum absolute atomic E-state index is 14.2. The summed E-state index contributed by atoms with van der Waals surface area (Å²) >= 11 is 9.15. The fourth-order valence-corrected chi connectivity index (χ4v) is 2.21. The van der Waals surface area contributed by atoms with Gasteiger partial charge in [-0.3, -0.25) is 0 Å². The fraction of sp³-hybridized carbons (Fsp3) is 0.571. The highest BCUT2D eigenvalue weighted by Crippen LogP contribution is 2.30. The molecular formula is C14H20BrClFNO2. The van der Waals surface area contributed by atoms with Gasteiger partial charge in [-0.25, -0.2) is 4.39 Å². The standard InChI is InChI=1S/C14H20BrClFNO2/c1-3-6-18-12(9-20-8-7-19-2)10-4-5-11(15)13(16)14(10)17/h4-5,12,18H,3,6-9H2,1-2H3. The average molecular weight is 369 g/mol. The number of ether oxygens (including phenoxy) is 2. The summed E-state index contributed by atoms with van der Waals surface area (Å²) in [6.07, 6.45) is 0.959. The molecular weight excluding hydrogens is 349 g/mol. The van der Waals surface area contributed by atoms with Crippen molar-refractivity contribution in [3.8, 4) is 0 Å². The molecule has 0 aromatic heterocycles. The van der Waals surface area contributed by atoms with Crippen molar-refractivity contribution >= 4 is 27.5 Å². The molecule has 0 saturated carbocycles. The van der Waals surface area contributed by atoms with Gasteiger partial charge in [-0.05, 0) is 35.0 Å². The zero-order chi connectivity index (χ0) is 15.0. The van der Waals surface area contributed by atoms with Gasteiger partial charge < -0.3 is 14.8 Å². The van der Waals surface area contributed by atoms with Crippen LogP contribution >= 0.6 is 27.5 Å². The lowest BCUT2D eigenvalue weighted by atomic mass is 10.1. The third kappa shape index (κ3) is 5.30. The molecule has 3 nitrogen and oxygen atoms in total. The van der Waals surface area contributed by atoms with Crippen LogP contribution < -0.4 is 5.32 Å². The molecule has 20 heavy (non-hydrogen) atoms. The lowest BCUT2D eigenvalue weighted by molar-refractivity contribution is 0.0581. The summed E-state index contributed by atoms with van der Waals surface area (Å²) in [4.78, 5) is 0. The summed E-state index contributed by atoms with van der Waals surface area (Å²) in [5.41, 5.74) is 0.518. The Bertz CT molecular complexity index is 420. The molecule has 0 aliphatic rings. The Morgan fingerprint density at radius 2 is 2.15 bits per heavy atom. The first-order chi connectivity index (χ1) is 9.61. The van der Waals surface area contributed by atoms with Crippen LogP contribution in [0.25, 0.3) is 0 Å². The maximum atomic E-state index is 14.2. The summed E-state index contributed by atoms with van der Waals surface area (Å²) in [6.45, 7) is 4.21. The normalized spacial score (nSPS) is 12.7. The first-order valence-electron chi connectivity index (χ1n) is 6.55. The van der Waals surface area contributed by atoms with E-state index in [2.05, 4.69) is 28.2 Å². The molecule has 1 aromatic carbocycles. The van der Waals surface area contributed by atoms with E-state index in [9.17, 15) is 4.39 Å². The van der Waals surface area contributed by atoms with Gasteiger partial charge in [0.2, 0.25) is 0 Å². The van der Waals surface area contributed by atoms with Gasteiger partial charge in [-0.15, -0.1) is 0 Å². The quantitative estimate of drug-likeness (QED) is 0.529. The van der Waals surface area contributed by atoms with Crippen molar-refractivity contribution in [3.05, 3.63) is 33.0 Å². The van der Waals surface area contributed by atoms with E-state index in [1.165, 1.54) is 0 Å². The Labute approximate surface area is 132 Å². The van der Waals surface area contributed by atoms with E-state index in [1.54, 1.807) is 19.2 Å². The van der Waals surface area contributed by atoms with Gasteiger partial charge in [0.05, 0.1) is 30.9 Å². The monoisotopic (exact) mass is 367 g/mol. The minimum atomic E-state index is -0.412. The highest BCUT2D eigenvalue weighted by atomic mass is 79.9. The molecule has 0 heterocycles. The Kier molecular flexibility index (Phi) is 8.64. The number of methoxy groups -OCH3 is 1. The van der Waals surface area contributed by atoms with Crippen LogP contribution in [0, 0.1) is 5.82 Å². The number of rotatable bonds is 9. The second-order valence-corrected chi connectivity index (χ2v) is 5.57. The van der Waals surface area contributed by atoms with Gasteiger partial charge in [0, 0.05) is 17.1 Å². The van der Waals surface area contributed by atoms with Crippen molar-refractivity contribution in [2.45, 2.75) is 19.4 Å². The van der Waals surface area contributed by atoms with Crippen molar-refractivity contribution in [3.63, 3.8) is 0 Å². The van der Waals surface area contributed by atoms with Gasteiger partial charge in [-0.2, -0.15) is 0 Å². The third-order valence-electron chi connectivity index (χ3n) is 2.80. The molecule has 0 amide bonds. The third-order valence-corrected chi connectivity index (χ3v) is 4.06. The zero-order valence-electron chi connectivity index (χ0n) is 11.7. The number of hydrogen-bond acceptors (Lipinski definition) is 3. The molecule has 1 rings (SSSR count). The van der Waals surface area contributed by atoms with E-state index in [0.717, 1.165) is 13.0 Å². The SMILES string of the molecule is CCCNC(COCCOC)c1ccc(Br)c(Cl)c1F. The highest BCUT2D eigenvalue weighted by molar-refractivity contribution is 9.10. The van der Waals surface area contributed by atoms with Crippen molar-refractivity contribution in [2.24, 2.45) is 0 Å². The van der Waals surface area contributed by atoms with Crippen LogP contribution in [0.4, 0.5) is 4.39 Å². The highest BCUT2D eigenvalue weighted by Gasteiger charge is 2.18. The molecule has 0 radical (unpaired) electrons. The Morgan fingerprint density at radius 1 is 1.40 bits per heavy atom. The summed E-state index contributed by atoms with van der Waals surface area (Å²) < 4.78 is 25.2. The molecule has 1 N–H and O–H groups in total. The first-order valence-corrected chi connectivity index (χ1v) is 7.72. The van der Waals surface area contributed by atoms with Gasteiger partial charge in [0.25, 0.3) is 0 Å². The Morgan fingerprint density at radius 3 is 2.80 bits per heavy atom. The lowest BCUT2D eigenvalue weighted by Crippen LogP contribution is -2.27. The predicted molar refractivity (Wildman–Crippen MR) is 82.8 cm³/mol. The molecule has 114 valence electrons. The molecule has 1 unspecified atom stereocenters. The molecule has 0 aliphatic heterocycles. The van der Waals surface area contributed by atoms with Crippen LogP contribution in [-0.4, -0.2) is 33.5 Å². The summed E-state index contributed by atoms with van der Waals surface area (Å²) in [5.74, 6) is -0.412.